The van der Waals surface area contributed by atoms with Crippen molar-refractivity contribution in [1.82, 2.24) is 4.57 Å². The van der Waals surface area contributed by atoms with Crippen LogP contribution in [-0.2, 0) is 11.3 Å². The number of para-hydroxylation sites is 1. The Morgan fingerprint density at radius 1 is 1.10 bits per heavy atom. The van der Waals surface area contributed by atoms with E-state index in [1.54, 1.807) is 0 Å². The molecule has 2 aromatic carbocycles. The highest BCUT2D eigenvalue weighted by atomic mass is 16.5. The summed E-state index contributed by atoms with van der Waals surface area (Å²) in [6.45, 7) is 4.24. The number of nitrogens with zero attached hydrogens (tertiary/aromatic N) is 1. The van der Waals surface area contributed by atoms with Gasteiger partial charge in [0.2, 0.25) is 0 Å². The Balaban J connectivity index is 2.21. The van der Waals surface area contributed by atoms with Crippen molar-refractivity contribution < 1.29 is 9.53 Å². The zero-order chi connectivity index (χ0) is 13.9. The van der Waals surface area contributed by atoms with Crippen molar-refractivity contribution in [3.8, 4) is 0 Å². The molecule has 0 saturated carbocycles. The first kappa shape index (κ1) is 12.9. The number of fused-ring (bicyclic) bond motifs is 3. The second-order valence-electron chi connectivity index (χ2n) is 4.76. The van der Waals surface area contributed by atoms with Gasteiger partial charge in [0, 0.05) is 40.5 Å². The third-order valence-corrected chi connectivity index (χ3v) is 3.60. The lowest BCUT2D eigenvalue weighted by atomic mass is 10.1. The van der Waals surface area contributed by atoms with Crippen LogP contribution >= 0.6 is 0 Å². The predicted molar refractivity (Wildman–Crippen MR) is 81.3 cm³/mol. The number of hydrogen-bond donors (Lipinski definition) is 0. The van der Waals surface area contributed by atoms with Gasteiger partial charge in [0.15, 0.2) is 0 Å². The summed E-state index contributed by atoms with van der Waals surface area (Å²) < 4.78 is 7.73. The van der Waals surface area contributed by atoms with Crippen molar-refractivity contribution in [3.05, 3.63) is 48.0 Å². The minimum Gasteiger partial charge on any atom is -0.380 e. The van der Waals surface area contributed by atoms with E-state index in [-0.39, 0.29) is 0 Å². The maximum Gasteiger partial charge on any atom is 0.150 e. The fourth-order valence-electron chi connectivity index (χ4n) is 2.69. The van der Waals surface area contributed by atoms with Gasteiger partial charge in [0.05, 0.1) is 6.61 Å². The second kappa shape index (κ2) is 5.47. The molecule has 102 valence electrons. The normalized spacial score (nSPS) is 11.2. The average Bonchev–Trinajstić information content (AvgIpc) is 2.81. The van der Waals surface area contributed by atoms with Crippen LogP contribution in [0.25, 0.3) is 21.8 Å². The highest BCUT2D eigenvalue weighted by Crippen LogP contribution is 2.29. The Hall–Kier alpha value is -2.13. The largest absolute Gasteiger partial charge is 0.380 e. The van der Waals surface area contributed by atoms with Crippen LogP contribution in [0.4, 0.5) is 0 Å². The quantitative estimate of drug-likeness (QED) is 0.522. The molecule has 0 saturated heterocycles. The lowest BCUT2D eigenvalue weighted by molar-refractivity contribution is 0.112. The molecular formula is C17H17NO2. The van der Waals surface area contributed by atoms with E-state index in [9.17, 15) is 4.79 Å². The van der Waals surface area contributed by atoms with Crippen LogP contribution < -0.4 is 0 Å². The summed E-state index contributed by atoms with van der Waals surface area (Å²) >= 11 is 0. The summed E-state index contributed by atoms with van der Waals surface area (Å²) in [5, 5.41) is 2.31. The highest BCUT2D eigenvalue weighted by molar-refractivity contribution is 6.09. The molecule has 3 rings (SSSR count). The fourth-order valence-corrected chi connectivity index (χ4v) is 2.69. The number of ether oxygens (including phenoxy) is 1. The monoisotopic (exact) mass is 267 g/mol. The van der Waals surface area contributed by atoms with Crippen molar-refractivity contribution in [2.75, 3.05) is 13.2 Å². The SMILES string of the molecule is CCOCCn1c2ccccc2c2cc(C=O)ccc21. The van der Waals surface area contributed by atoms with E-state index in [1.165, 1.54) is 10.9 Å². The van der Waals surface area contributed by atoms with Crippen LogP contribution in [0.5, 0.6) is 0 Å². The van der Waals surface area contributed by atoms with Gasteiger partial charge in [-0.2, -0.15) is 0 Å². The molecule has 0 amide bonds. The van der Waals surface area contributed by atoms with Crippen molar-refractivity contribution in [3.63, 3.8) is 0 Å². The summed E-state index contributed by atoms with van der Waals surface area (Å²) in [6, 6.07) is 14.1. The molecule has 0 bridgehead atoms. The first-order valence-electron chi connectivity index (χ1n) is 6.89. The van der Waals surface area contributed by atoms with E-state index >= 15 is 0 Å². The van der Waals surface area contributed by atoms with Crippen LogP contribution in [0, 0.1) is 0 Å². The van der Waals surface area contributed by atoms with Crippen molar-refractivity contribution in [1.29, 1.82) is 0 Å². The van der Waals surface area contributed by atoms with Crippen molar-refractivity contribution in [2.45, 2.75) is 13.5 Å². The van der Waals surface area contributed by atoms with E-state index in [4.69, 9.17) is 4.74 Å². The molecular weight excluding hydrogens is 250 g/mol. The van der Waals surface area contributed by atoms with Crippen LogP contribution in [-0.4, -0.2) is 24.1 Å². The molecule has 0 fully saturated rings. The molecule has 0 aliphatic heterocycles. The van der Waals surface area contributed by atoms with Gasteiger partial charge < -0.3 is 9.30 Å². The average molecular weight is 267 g/mol. The molecule has 0 unspecified atom stereocenters. The zero-order valence-electron chi connectivity index (χ0n) is 11.5. The Morgan fingerprint density at radius 3 is 2.70 bits per heavy atom. The van der Waals surface area contributed by atoms with Crippen molar-refractivity contribution >= 4 is 28.1 Å². The summed E-state index contributed by atoms with van der Waals surface area (Å²) in [6.07, 6.45) is 0.895. The lowest BCUT2D eigenvalue weighted by Crippen LogP contribution is -2.05. The third-order valence-electron chi connectivity index (χ3n) is 3.60. The number of aromatic nitrogens is 1. The third kappa shape index (κ3) is 2.10. The van der Waals surface area contributed by atoms with Gasteiger partial charge in [0.1, 0.15) is 6.29 Å². The molecule has 0 spiro atoms. The number of carbonyl (C=O) groups excluding carboxylic acids is 1. The molecule has 0 aliphatic carbocycles. The van der Waals surface area contributed by atoms with Crippen LogP contribution in [0.1, 0.15) is 17.3 Å². The van der Waals surface area contributed by atoms with E-state index in [0.29, 0.717) is 12.2 Å². The Bertz CT molecular complexity index is 758. The van der Waals surface area contributed by atoms with Gasteiger partial charge in [-0.05, 0) is 31.2 Å². The fraction of sp³-hybridized carbons (Fsp3) is 0.235. The van der Waals surface area contributed by atoms with E-state index < -0.39 is 0 Å². The lowest BCUT2D eigenvalue weighted by Gasteiger charge is -2.07. The van der Waals surface area contributed by atoms with Crippen molar-refractivity contribution in [2.24, 2.45) is 0 Å². The first-order valence-corrected chi connectivity index (χ1v) is 6.89. The molecule has 0 atom stereocenters. The number of benzene rings is 2. The van der Waals surface area contributed by atoms with E-state index in [0.717, 1.165) is 30.3 Å². The molecule has 3 aromatic rings. The minimum absolute atomic E-state index is 0.694. The number of rotatable bonds is 5. The van der Waals surface area contributed by atoms with Gasteiger partial charge in [-0.15, -0.1) is 0 Å². The topological polar surface area (TPSA) is 31.2 Å². The predicted octanol–water partition coefficient (Wildman–Crippen LogP) is 3.64. The second-order valence-corrected chi connectivity index (χ2v) is 4.76. The first-order chi connectivity index (χ1) is 9.85. The number of hydrogen-bond acceptors (Lipinski definition) is 2. The van der Waals surface area contributed by atoms with Gasteiger partial charge in [-0.25, -0.2) is 0 Å². The smallest absolute Gasteiger partial charge is 0.150 e. The van der Waals surface area contributed by atoms with E-state index in [1.807, 2.05) is 37.3 Å². The van der Waals surface area contributed by atoms with Crippen LogP contribution in [0.3, 0.4) is 0 Å². The minimum atomic E-state index is 0.694. The molecule has 1 aromatic heterocycles. The molecule has 0 radical (unpaired) electrons. The summed E-state index contributed by atoms with van der Waals surface area (Å²) in [4.78, 5) is 11.0. The molecule has 0 N–H and O–H groups in total. The maximum atomic E-state index is 11.0. The standard InChI is InChI=1S/C17H17NO2/c1-2-20-10-9-18-16-6-4-3-5-14(16)15-11-13(12-19)7-8-17(15)18/h3-8,11-12H,2,9-10H2,1H3. The Labute approximate surface area is 117 Å². The molecule has 3 nitrogen and oxygen atoms in total. The van der Waals surface area contributed by atoms with Gasteiger partial charge >= 0.3 is 0 Å². The van der Waals surface area contributed by atoms with E-state index in [2.05, 4.69) is 16.7 Å². The maximum absolute atomic E-state index is 11.0. The van der Waals surface area contributed by atoms with Gasteiger partial charge in [0.25, 0.3) is 0 Å². The van der Waals surface area contributed by atoms with Crippen LogP contribution in [0.15, 0.2) is 42.5 Å². The molecule has 3 heteroatoms. The Morgan fingerprint density at radius 2 is 1.90 bits per heavy atom. The molecule has 0 aliphatic rings. The zero-order valence-corrected chi connectivity index (χ0v) is 11.5. The number of aldehydes is 1. The van der Waals surface area contributed by atoms with Gasteiger partial charge in [-0.1, -0.05) is 18.2 Å². The highest BCUT2D eigenvalue weighted by Gasteiger charge is 2.10. The summed E-state index contributed by atoms with van der Waals surface area (Å²) in [7, 11) is 0. The Kier molecular flexibility index (Phi) is 3.52. The van der Waals surface area contributed by atoms with Crippen LogP contribution in [0.2, 0.25) is 0 Å². The molecule has 1 heterocycles. The summed E-state index contributed by atoms with van der Waals surface area (Å²) in [5.74, 6) is 0. The number of carbonyl (C=O) groups is 1. The van der Waals surface area contributed by atoms with Gasteiger partial charge in [-0.3, -0.25) is 4.79 Å². The molecule has 20 heavy (non-hydrogen) atoms. The summed E-state index contributed by atoms with van der Waals surface area (Å²) in [5.41, 5.74) is 3.05.